The van der Waals surface area contributed by atoms with Crippen LogP contribution < -0.4 is 10.1 Å². The van der Waals surface area contributed by atoms with Gasteiger partial charge in [0.2, 0.25) is 5.16 Å². The van der Waals surface area contributed by atoms with Crippen molar-refractivity contribution in [1.29, 1.82) is 0 Å². The van der Waals surface area contributed by atoms with Crippen LogP contribution in [0, 0.1) is 6.92 Å². The van der Waals surface area contributed by atoms with E-state index < -0.39 is 5.91 Å². The Balaban J connectivity index is 1.41. The van der Waals surface area contributed by atoms with Gasteiger partial charge in [-0.25, -0.2) is 4.68 Å². The van der Waals surface area contributed by atoms with E-state index >= 15 is 0 Å². The largest absolute Gasteiger partial charge is 0.506 e. The molecule has 0 saturated carbocycles. The average Bonchev–Trinajstić information content (AvgIpc) is 3.45. The molecule has 2 N–H and O–H groups in total. The first-order valence-corrected chi connectivity index (χ1v) is 16.1. The second-order valence-electron chi connectivity index (χ2n) is 10.7. The van der Waals surface area contributed by atoms with Crippen molar-refractivity contribution >= 4 is 34.1 Å². The fourth-order valence-corrected chi connectivity index (χ4v) is 5.99. The zero-order valence-electron chi connectivity index (χ0n) is 25.1. The summed E-state index contributed by atoms with van der Waals surface area (Å²) < 4.78 is 7.81. The van der Waals surface area contributed by atoms with Gasteiger partial charge in [0.15, 0.2) is 0 Å². The summed E-state index contributed by atoms with van der Waals surface area (Å²) in [5.41, 5.74) is 1.76. The molecule has 1 amide bonds. The number of ether oxygens (including phenoxy) is 1. The normalized spacial score (nSPS) is 11.2. The molecule has 0 bridgehead atoms. The molecule has 0 aliphatic rings. The van der Waals surface area contributed by atoms with Gasteiger partial charge in [0.25, 0.3) is 5.91 Å². The molecule has 0 fully saturated rings. The monoisotopic (exact) mass is 589 g/mol. The van der Waals surface area contributed by atoms with Gasteiger partial charge in [0.05, 0.1) is 17.9 Å². The number of carbonyl (C=O) groups is 1. The summed E-state index contributed by atoms with van der Waals surface area (Å²) in [6.07, 6.45) is 12.6. The first-order valence-electron chi connectivity index (χ1n) is 15.2. The Morgan fingerprint density at radius 3 is 2.33 bits per heavy atom. The van der Waals surface area contributed by atoms with E-state index in [4.69, 9.17) is 4.74 Å². The van der Waals surface area contributed by atoms with Crippen LogP contribution in [0.4, 0.5) is 5.69 Å². The van der Waals surface area contributed by atoms with Crippen molar-refractivity contribution in [3.63, 3.8) is 0 Å². The average molecular weight is 590 g/mol. The first-order chi connectivity index (χ1) is 20.5. The van der Waals surface area contributed by atoms with E-state index in [0.717, 1.165) is 28.7 Å². The Bertz CT molecular complexity index is 1460. The van der Waals surface area contributed by atoms with Crippen LogP contribution in [0.3, 0.4) is 0 Å². The summed E-state index contributed by atoms with van der Waals surface area (Å²) in [4.78, 5) is 14.4. The summed E-state index contributed by atoms with van der Waals surface area (Å²) >= 11 is 1.36. The van der Waals surface area contributed by atoms with E-state index in [1.165, 1.54) is 63.1 Å². The zero-order valence-corrected chi connectivity index (χ0v) is 25.9. The number of amides is 1. The highest BCUT2D eigenvalue weighted by Crippen LogP contribution is 2.39. The highest BCUT2D eigenvalue weighted by molar-refractivity contribution is 7.99. The number of phenolic OH excluding ortho intramolecular Hbond substituents is 1. The molecule has 9 heteroatoms. The standard InChI is InChI=1S/C33H43N5O3S/c1-4-6-7-8-9-10-11-12-13-16-21-41-29-20-19-24(3)22-28(29)34-32(40)27-23-30(42-33-35-36-37-38(33)5-2)25-17-14-15-18-26(25)31(27)39/h14-15,17-20,22-23,39H,4-13,16,21H2,1-3H3,(H,34,40). The smallest absolute Gasteiger partial charge is 0.259 e. The molecule has 4 rings (SSSR count). The Morgan fingerprint density at radius 2 is 1.62 bits per heavy atom. The molecule has 0 aliphatic carbocycles. The Kier molecular flexibility index (Phi) is 12.1. The lowest BCUT2D eigenvalue weighted by Gasteiger charge is -2.16. The molecular weight excluding hydrogens is 546 g/mol. The Morgan fingerprint density at radius 1 is 0.929 bits per heavy atom. The summed E-state index contributed by atoms with van der Waals surface area (Å²) in [5, 5.41) is 28.1. The first kappa shape index (κ1) is 31.3. The number of aromatic hydroxyl groups is 1. The van der Waals surface area contributed by atoms with Crippen LogP contribution in [0.2, 0.25) is 0 Å². The van der Waals surface area contributed by atoms with Crippen molar-refractivity contribution in [2.45, 2.75) is 102 Å². The number of carbonyl (C=O) groups excluding carboxylic acids is 1. The SMILES string of the molecule is CCCCCCCCCCCCOc1ccc(C)cc1NC(=O)c1cc(Sc2nnnn2CC)c2ccccc2c1O. The van der Waals surface area contributed by atoms with Gasteiger partial charge in [-0.2, -0.15) is 0 Å². The molecule has 0 atom stereocenters. The van der Waals surface area contributed by atoms with Gasteiger partial charge in [-0.15, -0.1) is 5.10 Å². The highest BCUT2D eigenvalue weighted by Gasteiger charge is 2.20. The van der Waals surface area contributed by atoms with E-state index in [1.807, 2.05) is 56.3 Å². The van der Waals surface area contributed by atoms with Gasteiger partial charge < -0.3 is 15.2 Å². The molecule has 0 aliphatic heterocycles. The topological polar surface area (TPSA) is 102 Å². The molecule has 4 aromatic rings. The van der Waals surface area contributed by atoms with Crippen LogP contribution in [0.15, 0.2) is 58.6 Å². The molecule has 8 nitrogen and oxygen atoms in total. The van der Waals surface area contributed by atoms with Crippen molar-refractivity contribution in [3.8, 4) is 11.5 Å². The van der Waals surface area contributed by atoms with Crippen LogP contribution in [0.1, 0.15) is 94.0 Å². The Labute approximate surface area is 253 Å². The summed E-state index contributed by atoms with van der Waals surface area (Å²) in [7, 11) is 0. The van der Waals surface area contributed by atoms with Crippen molar-refractivity contribution in [2.75, 3.05) is 11.9 Å². The van der Waals surface area contributed by atoms with Gasteiger partial charge in [-0.05, 0) is 71.6 Å². The number of hydrogen-bond acceptors (Lipinski definition) is 7. The lowest BCUT2D eigenvalue weighted by atomic mass is 10.0. The third-order valence-electron chi connectivity index (χ3n) is 7.36. The maximum absolute atomic E-state index is 13.6. The van der Waals surface area contributed by atoms with Crippen molar-refractivity contribution < 1.29 is 14.6 Å². The van der Waals surface area contributed by atoms with Crippen LogP contribution >= 0.6 is 11.8 Å². The predicted molar refractivity (Wildman–Crippen MR) is 170 cm³/mol. The number of fused-ring (bicyclic) bond motifs is 1. The molecule has 224 valence electrons. The number of nitrogens with zero attached hydrogens (tertiary/aromatic N) is 4. The maximum atomic E-state index is 13.6. The van der Waals surface area contributed by atoms with Crippen LogP contribution in [0.5, 0.6) is 11.5 Å². The third-order valence-corrected chi connectivity index (χ3v) is 8.39. The number of benzene rings is 3. The number of aromatic nitrogens is 4. The van der Waals surface area contributed by atoms with Crippen molar-refractivity contribution in [3.05, 3.63) is 59.7 Å². The molecule has 0 radical (unpaired) electrons. The van der Waals surface area contributed by atoms with Crippen LogP contribution in [0.25, 0.3) is 10.8 Å². The molecule has 0 spiro atoms. The molecule has 1 aromatic heterocycles. The second kappa shape index (κ2) is 16.2. The number of tetrazole rings is 1. The summed E-state index contributed by atoms with van der Waals surface area (Å²) in [6.45, 7) is 7.40. The van der Waals surface area contributed by atoms with Crippen molar-refractivity contribution in [1.82, 2.24) is 20.2 Å². The minimum Gasteiger partial charge on any atom is -0.506 e. The minimum absolute atomic E-state index is 0.0666. The summed E-state index contributed by atoms with van der Waals surface area (Å²) in [6, 6.07) is 14.9. The van der Waals surface area contributed by atoms with Gasteiger partial charge in [-0.3, -0.25) is 4.79 Å². The fraction of sp³-hybridized carbons (Fsp3) is 0.455. The molecule has 1 heterocycles. The molecule has 3 aromatic carbocycles. The van der Waals surface area contributed by atoms with Crippen LogP contribution in [-0.4, -0.2) is 37.8 Å². The van der Waals surface area contributed by atoms with E-state index in [-0.39, 0.29) is 11.3 Å². The summed E-state index contributed by atoms with van der Waals surface area (Å²) in [5.74, 6) is 0.148. The molecule has 42 heavy (non-hydrogen) atoms. The quantitative estimate of drug-likeness (QED) is 0.119. The number of phenols is 1. The number of aryl methyl sites for hydroxylation is 2. The number of unbranched alkanes of at least 4 members (excludes halogenated alkanes) is 9. The van der Waals surface area contributed by atoms with E-state index in [1.54, 1.807) is 10.7 Å². The maximum Gasteiger partial charge on any atom is 0.259 e. The zero-order chi connectivity index (χ0) is 29.7. The number of hydrogen-bond donors (Lipinski definition) is 2. The Hall–Kier alpha value is -3.59. The van der Waals surface area contributed by atoms with Gasteiger partial charge in [0.1, 0.15) is 11.5 Å². The van der Waals surface area contributed by atoms with Crippen LogP contribution in [-0.2, 0) is 6.54 Å². The molecular formula is C33H43N5O3S. The van der Waals surface area contributed by atoms with E-state index in [2.05, 4.69) is 27.8 Å². The van der Waals surface area contributed by atoms with Gasteiger partial charge in [-0.1, -0.05) is 95.0 Å². The molecule has 0 saturated heterocycles. The lowest BCUT2D eigenvalue weighted by molar-refractivity contribution is 0.102. The van der Waals surface area contributed by atoms with E-state index in [0.29, 0.717) is 35.1 Å². The van der Waals surface area contributed by atoms with Crippen molar-refractivity contribution in [2.24, 2.45) is 0 Å². The highest BCUT2D eigenvalue weighted by atomic mass is 32.2. The predicted octanol–water partition coefficient (Wildman–Crippen LogP) is 8.56. The van der Waals surface area contributed by atoms with E-state index in [9.17, 15) is 9.90 Å². The molecule has 0 unspecified atom stereocenters. The third kappa shape index (κ3) is 8.47. The van der Waals surface area contributed by atoms with Gasteiger partial charge in [0, 0.05) is 16.8 Å². The number of rotatable bonds is 17. The number of anilines is 1. The minimum atomic E-state index is -0.412. The second-order valence-corrected chi connectivity index (χ2v) is 11.7. The fourth-order valence-electron chi connectivity index (χ4n) is 4.98. The lowest BCUT2D eigenvalue weighted by Crippen LogP contribution is -2.14. The number of nitrogens with one attached hydrogen (secondary N) is 1. The van der Waals surface area contributed by atoms with Gasteiger partial charge >= 0.3 is 0 Å².